The highest BCUT2D eigenvalue weighted by atomic mass is 19.1. The minimum atomic E-state index is -0.405. The van der Waals surface area contributed by atoms with Crippen LogP contribution in [-0.4, -0.2) is 41.0 Å². The van der Waals surface area contributed by atoms with Crippen LogP contribution >= 0.6 is 0 Å². The second kappa shape index (κ2) is 9.94. The number of hydrogen-bond acceptors (Lipinski definition) is 3. The number of aryl methyl sites for hydroxylation is 1. The molecule has 1 fully saturated rings. The predicted octanol–water partition coefficient (Wildman–Crippen LogP) is 4.56. The summed E-state index contributed by atoms with van der Waals surface area (Å²) in [4.78, 5) is 27.4. The number of rotatable bonds is 6. The highest BCUT2D eigenvalue weighted by molar-refractivity contribution is 5.96. The highest BCUT2D eigenvalue weighted by Crippen LogP contribution is 2.23. The molecular weight excluding hydrogens is 423 g/mol. The second-order valence-electron chi connectivity index (χ2n) is 8.56. The molecule has 1 aliphatic heterocycles. The molecule has 1 saturated heterocycles. The zero-order valence-corrected chi connectivity index (χ0v) is 18.9. The van der Waals surface area contributed by atoms with E-state index in [0.717, 1.165) is 30.0 Å². The van der Waals surface area contributed by atoms with E-state index < -0.39 is 5.82 Å². The molecule has 0 aliphatic carbocycles. The molecule has 0 spiro atoms. The molecule has 3 amide bonds. The van der Waals surface area contributed by atoms with Crippen molar-refractivity contribution in [2.24, 2.45) is 5.92 Å². The van der Waals surface area contributed by atoms with Crippen LogP contribution in [0.25, 0.3) is 0 Å². The molecule has 0 radical (unpaired) electrons. The van der Waals surface area contributed by atoms with E-state index in [9.17, 15) is 14.0 Å². The maximum Gasteiger partial charge on any atom is 0.319 e. The van der Waals surface area contributed by atoms with Gasteiger partial charge in [0.1, 0.15) is 11.6 Å². The van der Waals surface area contributed by atoms with Gasteiger partial charge in [-0.25, -0.2) is 9.18 Å². The van der Waals surface area contributed by atoms with Crippen molar-refractivity contribution < 1.29 is 18.4 Å². The number of anilines is 1. The van der Waals surface area contributed by atoms with Crippen molar-refractivity contribution in [1.82, 2.24) is 14.8 Å². The van der Waals surface area contributed by atoms with E-state index in [4.69, 9.17) is 4.42 Å². The first-order valence-corrected chi connectivity index (χ1v) is 11.2. The molecule has 1 aliphatic rings. The third-order valence-electron chi connectivity index (χ3n) is 6.14. The molecular formula is C25H29FN4O3. The van der Waals surface area contributed by atoms with Crippen LogP contribution in [0.15, 0.2) is 53.1 Å². The number of benzene rings is 1. The summed E-state index contributed by atoms with van der Waals surface area (Å²) >= 11 is 0. The van der Waals surface area contributed by atoms with Gasteiger partial charge in [-0.15, -0.1) is 0 Å². The van der Waals surface area contributed by atoms with Crippen LogP contribution in [0.4, 0.5) is 14.9 Å². The summed E-state index contributed by atoms with van der Waals surface area (Å²) in [5.74, 6) is 0.615. The Morgan fingerprint density at radius 2 is 2.03 bits per heavy atom. The molecule has 33 heavy (non-hydrogen) atoms. The summed E-state index contributed by atoms with van der Waals surface area (Å²) in [6.07, 6.45) is 3.46. The monoisotopic (exact) mass is 452 g/mol. The maximum absolute atomic E-state index is 13.3. The van der Waals surface area contributed by atoms with Gasteiger partial charge in [-0.2, -0.15) is 0 Å². The number of amides is 3. The number of carbonyl (C=O) groups excluding carboxylic acids is 2. The summed E-state index contributed by atoms with van der Waals surface area (Å²) in [6.45, 7) is 6.27. The fourth-order valence-corrected chi connectivity index (χ4v) is 4.38. The van der Waals surface area contributed by atoms with Crippen molar-refractivity contribution in [3.8, 4) is 0 Å². The van der Waals surface area contributed by atoms with Gasteiger partial charge >= 0.3 is 6.03 Å². The number of carbonyl (C=O) groups is 2. The summed E-state index contributed by atoms with van der Waals surface area (Å²) in [5, 5.41) is 5.48. The summed E-state index contributed by atoms with van der Waals surface area (Å²) in [7, 11) is 0. The molecule has 1 unspecified atom stereocenters. The van der Waals surface area contributed by atoms with Crippen molar-refractivity contribution >= 4 is 17.6 Å². The van der Waals surface area contributed by atoms with Gasteiger partial charge in [0, 0.05) is 36.7 Å². The number of likely N-dealkylation sites (tertiary alicyclic amines) is 1. The molecule has 1 atom stereocenters. The Hall–Kier alpha value is -3.55. The van der Waals surface area contributed by atoms with Crippen LogP contribution in [0.3, 0.4) is 0 Å². The van der Waals surface area contributed by atoms with Crippen LogP contribution in [0.5, 0.6) is 0 Å². The maximum atomic E-state index is 13.3. The third kappa shape index (κ3) is 5.45. The standard InChI is InChI=1S/C25H29FN4O3/c1-17-12-23(18(2)30(17)16-22-9-5-11-33-22)24(31)29-10-4-6-19(15-29)14-27-25(32)28-21-8-3-7-20(26)13-21/h3,5,7-9,11-13,19H,4,6,10,14-16H2,1-2H3,(H2,27,28,32). The largest absolute Gasteiger partial charge is 0.467 e. The molecule has 0 saturated carbocycles. The topological polar surface area (TPSA) is 79.5 Å². The molecule has 2 N–H and O–H groups in total. The van der Waals surface area contributed by atoms with Crippen molar-refractivity contribution in [2.75, 3.05) is 25.0 Å². The van der Waals surface area contributed by atoms with Gasteiger partial charge in [0.15, 0.2) is 0 Å². The average molecular weight is 453 g/mol. The smallest absolute Gasteiger partial charge is 0.319 e. The number of aromatic nitrogens is 1. The molecule has 3 heterocycles. The SMILES string of the molecule is Cc1cc(C(=O)N2CCCC(CNC(=O)Nc3cccc(F)c3)C2)c(C)n1Cc1ccco1. The van der Waals surface area contributed by atoms with Gasteiger partial charge in [0.2, 0.25) is 0 Å². The second-order valence-corrected chi connectivity index (χ2v) is 8.56. The summed E-state index contributed by atoms with van der Waals surface area (Å²) < 4.78 is 20.8. The van der Waals surface area contributed by atoms with E-state index in [1.807, 2.05) is 36.9 Å². The van der Waals surface area contributed by atoms with Crippen LogP contribution in [0.2, 0.25) is 0 Å². The van der Waals surface area contributed by atoms with Gasteiger partial charge in [-0.1, -0.05) is 6.07 Å². The van der Waals surface area contributed by atoms with Gasteiger partial charge in [0.05, 0.1) is 18.4 Å². The Morgan fingerprint density at radius 3 is 2.79 bits per heavy atom. The first kappa shape index (κ1) is 22.6. The minimum Gasteiger partial charge on any atom is -0.467 e. The van der Waals surface area contributed by atoms with E-state index >= 15 is 0 Å². The van der Waals surface area contributed by atoms with Crippen LogP contribution in [0.1, 0.15) is 40.3 Å². The molecule has 7 nitrogen and oxygen atoms in total. The number of halogens is 1. The van der Waals surface area contributed by atoms with Crippen molar-refractivity contribution in [3.05, 3.63) is 77.3 Å². The van der Waals surface area contributed by atoms with Crippen LogP contribution in [-0.2, 0) is 6.54 Å². The van der Waals surface area contributed by atoms with E-state index in [-0.39, 0.29) is 17.9 Å². The van der Waals surface area contributed by atoms with Crippen LogP contribution < -0.4 is 10.6 Å². The van der Waals surface area contributed by atoms with Gasteiger partial charge in [0.25, 0.3) is 5.91 Å². The fourth-order valence-electron chi connectivity index (χ4n) is 4.38. The Balaban J connectivity index is 1.34. The van der Waals surface area contributed by atoms with Crippen molar-refractivity contribution in [2.45, 2.75) is 33.2 Å². The molecule has 174 valence electrons. The van der Waals surface area contributed by atoms with Gasteiger partial charge < -0.3 is 24.5 Å². The zero-order chi connectivity index (χ0) is 23.4. The van der Waals surface area contributed by atoms with Crippen molar-refractivity contribution in [1.29, 1.82) is 0 Å². The molecule has 2 aromatic heterocycles. The number of nitrogens with one attached hydrogen (secondary N) is 2. The molecule has 4 rings (SSSR count). The lowest BCUT2D eigenvalue weighted by molar-refractivity contribution is 0.0674. The van der Waals surface area contributed by atoms with Gasteiger partial charge in [-0.3, -0.25) is 4.79 Å². The zero-order valence-electron chi connectivity index (χ0n) is 18.9. The molecule has 0 bridgehead atoms. The fraction of sp³-hybridized carbons (Fsp3) is 0.360. The normalized spacial score (nSPS) is 16.0. The minimum absolute atomic E-state index is 0.0164. The number of hydrogen-bond donors (Lipinski definition) is 2. The van der Waals surface area contributed by atoms with Crippen LogP contribution in [0, 0.1) is 25.6 Å². The first-order chi connectivity index (χ1) is 15.9. The lowest BCUT2D eigenvalue weighted by Gasteiger charge is -2.33. The van der Waals surface area contributed by atoms with Crippen molar-refractivity contribution in [3.63, 3.8) is 0 Å². The van der Waals surface area contributed by atoms with E-state index in [2.05, 4.69) is 15.2 Å². The third-order valence-corrected chi connectivity index (χ3v) is 6.14. The summed E-state index contributed by atoms with van der Waals surface area (Å²) in [6, 6.07) is 11.1. The Kier molecular flexibility index (Phi) is 6.82. The predicted molar refractivity (Wildman–Crippen MR) is 124 cm³/mol. The number of urea groups is 1. The molecule has 1 aromatic carbocycles. The Morgan fingerprint density at radius 1 is 1.18 bits per heavy atom. The van der Waals surface area contributed by atoms with Gasteiger partial charge in [-0.05, 0) is 69.0 Å². The number of nitrogens with zero attached hydrogens (tertiary/aromatic N) is 2. The Labute approximate surface area is 192 Å². The molecule has 3 aromatic rings. The lowest BCUT2D eigenvalue weighted by atomic mass is 9.97. The molecule has 8 heteroatoms. The van der Waals surface area contributed by atoms with E-state index in [1.165, 1.54) is 12.1 Å². The Bertz CT molecular complexity index is 1120. The van der Waals surface area contributed by atoms with E-state index in [1.54, 1.807) is 18.4 Å². The number of piperidine rings is 1. The average Bonchev–Trinajstić information content (AvgIpc) is 3.41. The lowest BCUT2D eigenvalue weighted by Crippen LogP contribution is -2.44. The summed E-state index contributed by atoms with van der Waals surface area (Å²) in [5.41, 5.74) is 3.04. The van der Waals surface area contributed by atoms with E-state index in [0.29, 0.717) is 37.4 Å². The highest BCUT2D eigenvalue weighted by Gasteiger charge is 2.27. The number of furan rings is 1. The quantitative estimate of drug-likeness (QED) is 0.576. The first-order valence-electron chi connectivity index (χ1n) is 11.2.